The number of carbonyl (C=O) groups excluding carboxylic acids is 1. The van der Waals surface area contributed by atoms with Gasteiger partial charge in [0.2, 0.25) is 5.91 Å². The first-order valence-corrected chi connectivity index (χ1v) is 4.70. The molecule has 0 aromatic heterocycles. The first-order valence-electron chi connectivity index (χ1n) is 4.70. The summed E-state index contributed by atoms with van der Waals surface area (Å²) in [6.07, 6.45) is 1.30. The van der Waals surface area contributed by atoms with E-state index in [4.69, 9.17) is 5.26 Å². The number of carbonyl (C=O) groups is 1. The van der Waals surface area contributed by atoms with Crippen molar-refractivity contribution in [2.75, 3.05) is 13.6 Å². The molecule has 1 rings (SSSR count). The molecule has 0 aromatic carbocycles. The monoisotopic (exact) mass is 196 g/mol. The van der Waals surface area contributed by atoms with E-state index in [1.807, 2.05) is 6.07 Å². The van der Waals surface area contributed by atoms with E-state index in [-0.39, 0.29) is 12.5 Å². The maximum atomic E-state index is 11.7. The van der Waals surface area contributed by atoms with Crippen LogP contribution in [0.15, 0.2) is 0 Å². The maximum absolute atomic E-state index is 11.7. The fraction of sp³-hybridized carbons (Fsp3) is 0.800. The Balaban J connectivity index is 2.59. The van der Waals surface area contributed by atoms with Gasteiger partial charge in [-0.2, -0.15) is 5.26 Å². The van der Waals surface area contributed by atoms with Gasteiger partial charge in [0, 0.05) is 13.6 Å². The van der Waals surface area contributed by atoms with Gasteiger partial charge < -0.3 is 10.0 Å². The first kappa shape index (κ1) is 11.0. The van der Waals surface area contributed by atoms with Gasteiger partial charge in [0.25, 0.3) is 0 Å². The molecule has 1 amide bonds. The molecule has 0 atom stereocenters. The van der Waals surface area contributed by atoms with Crippen molar-refractivity contribution in [3.63, 3.8) is 0 Å². The molecular weight excluding hydrogens is 180 g/mol. The normalized spacial score (nSPS) is 18.5. The van der Waals surface area contributed by atoms with E-state index in [0.29, 0.717) is 12.8 Å². The molecule has 0 spiro atoms. The van der Waals surface area contributed by atoms with E-state index >= 15 is 0 Å². The number of amides is 1. The van der Waals surface area contributed by atoms with Gasteiger partial charge in [0.15, 0.2) is 0 Å². The van der Waals surface area contributed by atoms with Crippen LogP contribution in [0.4, 0.5) is 0 Å². The molecule has 0 unspecified atom stereocenters. The minimum Gasteiger partial charge on any atom is -0.389 e. The predicted molar refractivity (Wildman–Crippen MR) is 51.2 cm³/mol. The Labute approximate surface area is 84.1 Å². The van der Waals surface area contributed by atoms with Crippen molar-refractivity contribution in [2.24, 2.45) is 5.41 Å². The second kappa shape index (κ2) is 3.25. The van der Waals surface area contributed by atoms with Crippen LogP contribution in [-0.2, 0) is 4.79 Å². The lowest BCUT2D eigenvalue weighted by atomic mass is 10.1. The Morgan fingerprint density at radius 3 is 2.43 bits per heavy atom. The number of nitrogens with zero attached hydrogens (tertiary/aromatic N) is 2. The SMILES string of the molecule is CN(CC(C)(C)O)C(=O)C1(C#N)CC1. The number of nitriles is 1. The third-order valence-electron chi connectivity index (χ3n) is 2.34. The van der Waals surface area contributed by atoms with Crippen LogP contribution in [0.3, 0.4) is 0 Å². The maximum Gasteiger partial charge on any atom is 0.242 e. The third-order valence-corrected chi connectivity index (χ3v) is 2.34. The fourth-order valence-corrected chi connectivity index (χ4v) is 1.52. The van der Waals surface area contributed by atoms with Crippen molar-refractivity contribution in [3.05, 3.63) is 0 Å². The molecule has 4 heteroatoms. The summed E-state index contributed by atoms with van der Waals surface area (Å²) in [5.74, 6) is -0.165. The molecule has 14 heavy (non-hydrogen) atoms. The summed E-state index contributed by atoms with van der Waals surface area (Å²) in [6, 6.07) is 2.05. The van der Waals surface area contributed by atoms with Crippen molar-refractivity contribution in [1.82, 2.24) is 4.90 Å². The van der Waals surface area contributed by atoms with Crippen LogP contribution in [0, 0.1) is 16.7 Å². The van der Waals surface area contributed by atoms with E-state index in [2.05, 4.69) is 0 Å². The summed E-state index contributed by atoms with van der Waals surface area (Å²) in [5, 5.41) is 18.3. The average molecular weight is 196 g/mol. The standard InChI is InChI=1S/C10H16N2O2/c1-9(2,14)7-12(3)8(13)10(6-11)4-5-10/h14H,4-5,7H2,1-3H3. The summed E-state index contributed by atoms with van der Waals surface area (Å²) >= 11 is 0. The second-order valence-corrected chi connectivity index (χ2v) is 4.67. The van der Waals surface area contributed by atoms with E-state index < -0.39 is 11.0 Å². The van der Waals surface area contributed by atoms with Crippen molar-refractivity contribution in [1.29, 1.82) is 5.26 Å². The zero-order valence-corrected chi connectivity index (χ0v) is 8.87. The molecule has 0 aliphatic heterocycles. The topological polar surface area (TPSA) is 64.3 Å². The lowest BCUT2D eigenvalue weighted by Crippen LogP contribution is -2.42. The van der Waals surface area contributed by atoms with Gasteiger partial charge in [-0.1, -0.05) is 0 Å². The van der Waals surface area contributed by atoms with E-state index in [1.165, 1.54) is 4.90 Å². The first-order chi connectivity index (χ1) is 6.31. The molecule has 0 bridgehead atoms. The number of hydrogen-bond donors (Lipinski definition) is 1. The highest BCUT2D eigenvalue weighted by Gasteiger charge is 2.52. The lowest BCUT2D eigenvalue weighted by molar-refractivity contribution is -0.136. The van der Waals surface area contributed by atoms with Crippen LogP contribution >= 0.6 is 0 Å². The highest BCUT2D eigenvalue weighted by molar-refractivity contribution is 5.88. The number of hydrogen-bond acceptors (Lipinski definition) is 3. The molecule has 1 fully saturated rings. The Hall–Kier alpha value is -1.08. The number of rotatable bonds is 3. The average Bonchev–Trinajstić information content (AvgIpc) is 2.80. The second-order valence-electron chi connectivity index (χ2n) is 4.67. The summed E-state index contributed by atoms with van der Waals surface area (Å²) < 4.78 is 0. The molecule has 0 aromatic rings. The molecule has 1 saturated carbocycles. The predicted octanol–water partition coefficient (Wildman–Crippen LogP) is 0.519. The lowest BCUT2D eigenvalue weighted by Gasteiger charge is -2.26. The smallest absolute Gasteiger partial charge is 0.242 e. The minimum absolute atomic E-state index is 0.165. The molecule has 0 saturated heterocycles. The van der Waals surface area contributed by atoms with Crippen LogP contribution in [0.1, 0.15) is 26.7 Å². The van der Waals surface area contributed by atoms with Crippen molar-refractivity contribution in [3.8, 4) is 6.07 Å². The Morgan fingerprint density at radius 1 is 1.64 bits per heavy atom. The van der Waals surface area contributed by atoms with Gasteiger partial charge in [-0.3, -0.25) is 4.79 Å². The minimum atomic E-state index is -0.907. The Kier molecular flexibility index (Phi) is 2.55. The highest BCUT2D eigenvalue weighted by atomic mass is 16.3. The quantitative estimate of drug-likeness (QED) is 0.715. The van der Waals surface area contributed by atoms with E-state index in [1.54, 1.807) is 20.9 Å². The zero-order valence-electron chi connectivity index (χ0n) is 8.87. The molecule has 1 aliphatic carbocycles. The molecule has 0 heterocycles. The number of likely N-dealkylation sites (N-methyl/N-ethyl adjacent to an activating group) is 1. The number of aliphatic hydroxyl groups is 1. The summed E-state index contributed by atoms with van der Waals surface area (Å²) in [4.78, 5) is 13.2. The van der Waals surface area contributed by atoms with Gasteiger partial charge in [-0.05, 0) is 26.7 Å². The molecule has 78 valence electrons. The summed E-state index contributed by atoms with van der Waals surface area (Å²) in [6.45, 7) is 3.54. The van der Waals surface area contributed by atoms with Gasteiger partial charge in [-0.15, -0.1) is 0 Å². The van der Waals surface area contributed by atoms with E-state index in [0.717, 1.165) is 0 Å². The summed E-state index contributed by atoms with van der Waals surface area (Å²) in [5.41, 5.74) is -1.68. The van der Waals surface area contributed by atoms with Crippen LogP contribution < -0.4 is 0 Å². The molecular formula is C10H16N2O2. The largest absolute Gasteiger partial charge is 0.389 e. The van der Waals surface area contributed by atoms with Crippen molar-refractivity contribution >= 4 is 5.91 Å². The van der Waals surface area contributed by atoms with Crippen LogP contribution in [0.5, 0.6) is 0 Å². The van der Waals surface area contributed by atoms with Crippen molar-refractivity contribution < 1.29 is 9.90 Å². The van der Waals surface area contributed by atoms with Gasteiger partial charge in [0.05, 0.1) is 11.7 Å². The van der Waals surface area contributed by atoms with Crippen LogP contribution in [0.25, 0.3) is 0 Å². The molecule has 4 nitrogen and oxygen atoms in total. The Bertz CT molecular complexity index is 281. The zero-order chi connectivity index (χ0) is 11.0. The van der Waals surface area contributed by atoms with Gasteiger partial charge in [-0.25, -0.2) is 0 Å². The van der Waals surface area contributed by atoms with Gasteiger partial charge in [0.1, 0.15) is 5.41 Å². The van der Waals surface area contributed by atoms with E-state index in [9.17, 15) is 9.90 Å². The third kappa shape index (κ3) is 2.24. The Morgan fingerprint density at radius 2 is 2.14 bits per heavy atom. The molecule has 0 radical (unpaired) electrons. The van der Waals surface area contributed by atoms with Crippen LogP contribution in [-0.4, -0.2) is 35.1 Å². The van der Waals surface area contributed by atoms with Crippen molar-refractivity contribution in [2.45, 2.75) is 32.3 Å². The van der Waals surface area contributed by atoms with Gasteiger partial charge >= 0.3 is 0 Å². The molecule has 1 aliphatic rings. The fourth-order valence-electron chi connectivity index (χ4n) is 1.52. The molecule has 1 N–H and O–H groups in total. The summed E-state index contributed by atoms with van der Waals surface area (Å²) in [7, 11) is 1.62. The van der Waals surface area contributed by atoms with Crippen LogP contribution in [0.2, 0.25) is 0 Å². The highest BCUT2D eigenvalue weighted by Crippen LogP contribution is 2.46.